The first-order valence-corrected chi connectivity index (χ1v) is 8.88. The van der Waals surface area contributed by atoms with Gasteiger partial charge in [0.1, 0.15) is 0 Å². The fourth-order valence-corrected chi connectivity index (χ4v) is 2.99. The lowest BCUT2D eigenvalue weighted by Crippen LogP contribution is -2.28. The summed E-state index contributed by atoms with van der Waals surface area (Å²) in [6.45, 7) is 0.869. The lowest BCUT2D eigenvalue weighted by atomic mass is 10.0. The highest BCUT2D eigenvalue weighted by atomic mass is 16.5. The lowest BCUT2D eigenvalue weighted by molar-refractivity contribution is -0.154. The second-order valence-electron chi connectivity index (χ2n) is 6.36. The summed E-state index contributed by atoms with van der Waals surface area (Å²) in [6.07, 6.45) is 2.03. The van der Waals surface area contributed by atoms with Crippen LogP contribution in [0.4, 0.5) is 5.69 Å². The third kappa shape index (κ3) is 5.17. The van der Waals surface area contributed by atoms with Gasteiger partial charge in [-0.2, -0.15) is 0 Å². The molecule has 0 atom stereocenters. The standard InChI is InChI=1S/C21H23NO4/c23-20(15-26-21(24)17-10-12-25-13-11-17)22-19-9-5-4-8-18(19)14-16-6-2-1-3-7-16/h1-9,17H,10-15H2,(H,22,23). The number of rotatable bonds is 6. The van der Waals surface area contributed by atoms with Crippen LogP contribution in [0.2, 0.25) is 0 Å². The topological polar surface area (TPSA) is 64.6 Å². The van der Waals surface area contributed by atoms with Crippen molar-refractivity contribution >= 4 is 17.6 Å². The van der Waals surface area contributed by atoms with Gasteiger partial charge in [-0.1, -0.05) is 48.5 Å². The van der Waals surface area contributed by atoms with Crippen LogP contribution in [0.1, 0.15) is 24.0 Å². The molecule has 5 nitrogen and oxygen atoms in total. The van der Waals surface area contributed by atoms with Gasteiger partial charge >= 0.3 is 5.97 Å². The zero-order valence-corrected chi connectivity index (χ0v) is 14.6. The molecule has 1 heterocycles. The molecule has 1 aliphatic heterocycles. The second-order valence-corrected chi connectivity index (χ2v) is 6.36. The third-order valence-corrected chi connectivity index (χ3v) is 4.43. The molecule has 1 fully saturated rings. The predicted molar refractivity (Wildman–Crippen MR) is 98.8 cm³/mol. The minimum Gasteiger partial charge on any atom is -0.455 e. The number of ether oxygens (including phenoxy) is 2. The number of carbonyl (C=O) groups excluding carboxylic acids is 2. The van der Waals surface area contributed by atoms with Gasteiger partial charge in [-0.05, 0) is 36.5 Å². The van der Waals surface area contributed by atoms with Crippen molar-refractivity contribution in [1.82, 2.24) is 0 Å². The van der Waals surface area contributed by atoms with Crippen LogP contribution in [0.15, 0.2) is 54.6 Å². The molecule has 2 aromatic rings. The van der Waals surface area contributed by atoms with Gasteiger partial charge in [0.15, 0.2) is 6.61 Å². The Balaban J connectivity index is 1.55. The Kier molecular flexibility index (Phi) is 6.39. The van der Waals surface area contributed by atoms with Crippen LogP contribution in [0.25, 0.3) is 0 Å². The van der Waals surface area contributed by atoms with Crippen LogP contribution in [0.5, 0.6) is 0 Å². The summed E-state index contributed by atoms with van der Waals surface area (Å²) in [4.78, 5) is 24.2. The van der Waals surface area contributed by atoms with Crippen molar-refractivity contribution in [3.63, 3.8) is 0 Å². The van der Waals surface area contributed by atoms with E-state index in [1.54, 1.807) is 0 Å². The van der Waals surface area contributed by atoms with Crippen molar-refractivity contribution < 1.29 is 19.1 Å². The van der Waals surface area contributed by atoms with Crippen LogP contribution in [0.3, 0.4) is 0 Å². The highest BCUT2D eigenvalue weighted by Gasteiger charge is 2.23. The minimum atomic E-state index is -0.328. The normalized spacial score (nSPS) is 14.6. The molecular weight excluding hydrogens is 330 g/mol. The number of nitrogens with one attached hydrogen (secondary N) is 1. The molecule has 5 heteroatoms. The molecule has 3 rings (SSSR count). The number of para-hydroxylation sites is 1. The summed E-state index contributed by atoms with van der Waals surface area (Å²) in [5.74, 6) is -0.811. The Morgan fingerprint density at radius 2 is 1.69 bits per heavy atom. The monoisotopic (exact) mass is 353 g/mol. The van der Waals surface area contributed by atoms with E-state index < -0.39 is 0 Å². The smallest absolute Gasteiger partial charge is 0.309 e. The molecule has 1 saturated heterocycles. The van der Waals surface area contributed by atoms with Gasteiger partial charge in [0.25, 0.3) is 5.91 Å². The van der Waals surface area contributed by atoms with E-state index in [9.17, 15) is 9.59 Å². The highest BCUT2D eigenvalue weighted by molar-refractivity contribution is 5.93. The number of anilines is 1. The molecule has 0 radical (unpaired) electrons. The van der Waals surface area contributed by atoms with Crippen molar-refractivity contribution in [2.24, 2.45) is 5.92 Å². The van der Waals surface area contributed by atoms with Crippen molar-refractivity contribution in [2.75, 3.05) is 25.1 Å². The SMILES string of the molecule is O=C(COC(=O)C1CCOCC1)Nc1ccccc1Cc1ccccc1. The number of hydrogen-bond acceptors (Lipinski definition) is 4. The molecule has 0 aliphatic carbocycles. The molecule has 0 unspecified atom stereocenters. The number of esters is 1. The van der Waals surface area contributed by atoms with Crippen LogP contribution in [-0.4, -0.2) is 31.7 Å². The third-order valence-electron chi connectivity index (χ3n) is 4.43. The fourth-order valence-electron chi connectivity index (χ4n) is 2.99. The Hall–Kier alpha value is -2.66. The van der Waals surface area contributed by atoms with Crippen molar-refractivity contribution in [3.05, 3.63) is 65.7 Å². The maximum atomic E-state index is 12.2. The molecule has 0 bridgehead atoms. The lowest BCUT2D eigenvalue weighted by Gasteiger charge is -2.20. The van der Waals surface area contributed by atoms with Crippen LogP contribution >= 0.6 is 0 Å². The summed E-state index contributed by atoms with van der Waals surface area (Å²) in [5.41, 5.74) is 2.92. The number of amides is 1. The summed E-state index contributed by atoms with van der Waals surface area (Å²) < 4.78 is 10.4. The second kappa shape index (κ2) is 9.15. The van der Waals surface area contributed by atoms with E-state index in [0.29, 0.717) is 26.1 Å². The molecule has 1 N–H and O–H groups in total. The fraction of sp³-hybridized carbons (Fsp3) is 0.333. The summed E-state index contributed by atoms with van der Waals surface area (Å²) in [5, 5.41) is 2.85. The molecule has 1 amide bonds. The van der Waals surface area contributed by atoms with Crippen molar-refractivity contribution in [1.29, 1.82) is 0 Å². The van der Waals surface area contributed by atoms with E-state index in [2.05, 4.69) is 5.32 Å². The maximum absolute atomic E-state index is 12.2. The van der Waals surface area contributed by atoms with Gasteiger partial charge in [-0.3, -0.25) is 9.59 Å². The minimum absolute atomic E-state index is 0.165. The van der Waals surface area contributed by atoms with Crippen LogP contribution in [0, 0.1) is 5.92 Å². The quantitative estimate of drug-likeness (QED) is 0.810. The van der Waals surface area contributed by atoms with Gasteiger partial charge in [0.05, 0.1) is 5.92 Å². The summed E-state index contributed by atoms with van der Waals surface area (Å²) in [7, 11) is 0. The molecule has 0 spiro atoms. The Labute approximate surface area is 153 Å². The van der Waals surface area contributed by atoms with E-state index in [1.807, 2.05) is 54.6 Å². The van der Waals surface area contributed by atoms with E-state index in [4.69, 9.17) is 9.47 Å². The summed E-state index contributed by atoms with van der Waals surface area (Å²) in [6, 6.07) is 17.7. The molecule has 0 saturated carbocycles. The van der Waals surface area contributed by atoms with E-state index in [0.717, 1.165) is 17.7 Å². The van der Waals surface area contributed by atoms with E-state index in [-0.39, 0.29) is 24.4 Å². The van der Waals surface area contributed by atoms with Crippen molar-refractivity contribution in [3.8, 4) is 0 Å². The summed E-state index contributed by atoms with van der Waals surface area (Å²) >= 11 is 0. The van der Waals surface area contributed by atoms with Gasteiger partial charge in [0, 0.05) is 18.9 Å². The highest BCUT2D eigenvalue weighted by Crippen LogP contribution is 2.19. The van der Waals surface area contributed by atoms with Gasteiger partial charge in [-0.25, -0.2) is 0 Å². The first kappa shape index (κ1) is 18.1. The molecule has 1 aliphatic rings. The number of carbonyl (C=O) groups is 2. The van der Waals surface area contributed by atoms with E-state index in [1.165, 1.54) is 5.56 Å². The van der Waals surface area contributed by atoms with Crippen LogP contribution in [-0.2, 0) is 25.5 Å². The molecule has 26 heavy (non-hydrogen) atoms. The molecule has 0 aromatic heterocycles. The first-order chi connectivity index (χ1) is 12.7. The van der Waals surface area contributed by atoms with Crippen molar-refractivity contribution in [2.45, 2.75) is 19.3 Å². The molecule has 136 valence electrons. The zero-order chi connectivity index (χ0) is 18.2. The number of benzene rings is 2. The van der Waals surface area contributed by atoms with Gasteiger partial charge < -0.3 is 14.8 Å². The molecular formula is C21H23NO4. The van der Waals surface area contributed by atoms with E-state index >= 15 is 0 Å². The van der Waals surface area contributed by atoms with Crippen LogP contribution < -0.4 is 5.32 Å². The maximum Gasteiger partial charge on any atom is 0.309 e. The Bertz CT molecular complexity index is 739. The predicted octanol–water partition coefficient (Wildman–Crippen LogP) is 3.19. The molecule has 2 aromatic carbocycles. The zero-order valence-electron chi connectivity index (χ0n) is 14.6. The average Bonchev–Trinajstić information content (AvgIpc) is 2.69. The van der Waals surface area contributed by atoms with Gasteiger partial charge in [-0.15, -0.1) is 0 Å². The number of hydrogen-bond donors (Lipinski definition) is 1. The Morgan fingerprint density at radius 1 is 1.00 bits per heavy atom. The Morgan fingerprint density at radius 3 is 2.46 bits per heavy atom. The first-order valence-electron chi connectivity index (χ1n) is 8.88. The van der Waals surface area contributed by atoms with Gasteiger partial charge in [0.2, 0.25) is 0 Å². The average molecular weight is 353 g/mol. The largest absolute Gasteiger partial charge is 0.455 e.